The van der Waals surface area contributed by atoms with Gasteiger partial charge >= 0.3 is 5.97 Å². The average Bonchev–Trinajstić information content (AvgIpc) is 2.23. The molecule has 0 radical (unpaired) electrons. The van der Waals surface area contributed by atoms with Gasteiger partial charge in [-0.3, -0.25) is 14.4 Å². The molecule has 0 N–H and O–H groups in total. The SMILES string of the molecule is CCC(C)(C)C(=O)OCCCC(=O)CC(C)=O. The molecule has 0 unspecified atom stereocenters. The monoisotopic (exact) mass is 242 g/mol. The fourth-order valence-corrected chi connectivity index (χ4v) is 1.14. The summed E-state index contributed by atoms with van der Waals surface area (Å²) in [5.74, 6) is -0.457. The summed E-state index contributed by atoms with van der Waals surface area (Å²) in [5, 5.41) is 0. The van der Waals surface area contributed by atoms with Gasteiger partial charge in [-0.2, -0.15) is 0 Å². The highest BCUT2D eigenvalue weighted by molar-refractivity contribution is 5.97. The molecule has 0 atom stereocenters. The molecule has 0 fully saturated rings. The van der Waals surface area contributed by atoms with Crippen molar-refractivity contribution in [2.45, 2.75) is 53.4 Å². The van der Waals surface area contributed by atoms with Crippen molar-refractivity contribution in [3.63, 3.8) is 0 Å². The molecule has 0 spiro atoms. The van der Waals surface area contributed by atoms with E-state index in [0.29, 0.717) is 12.8 Å². The normalized spacial score (nSPS) is 11.1. The molecule has 0 aromatic heterocycles. The number of hydrogen-bond donors (Lipinski definition) is 0. The minimum Gasteiger partial charge on any atom is -0.465 e. The van der Waals surface area contributed by atoms with Gasteiger partial charge in [0, 0.05) is 6.42 Å². The summed E-state index contributed by atoms with van der Waals surface area (Å²) in [6.07, 6.45) is 1.47. The van der Waals surface area contributed by atoms with Crippen molar-refractivity contribution in [3.05, 3.63) is 0 Å². The molecule has 4 nitrogen and oxygen atoms in total. The van der Waals surface area contributed by atoms with Crippen LogP contribution < -0.4 is 0 Å². The molecular weight excluding hydrogens is 220 g/mol. The van der Waals surface area contributed by atoms with Crippen molar-refractivity contribution in [1.82, 2.24) is 0 Å². The van der Waals surface area contributed by atoms with E-state index in [-0.39, 0.29) is 30.6 Å². The molecule has 4 heteroatoms. The van der Waals surface area contributed by atoms with Gasteiger partial charge in [0.15, 0.2) is 0 Å². The first-order chi connectivity index (χ1) is 7.79. The summed E-state index contributed by atoms with van der Waals surface area (Å²) in [5.41, 5.74) is -0.469. The van der Waals surface area contributed by atoms with Crippen LogP contribution in [0, 0.1) is 5.41 Å². The van der Waals surface area contributed by atoms with E-state index in [0.717, 1.165) is 6.42 Å². The number of carbonyl (C=O) groups excluding carboxylic acids is 3. The largest absolute Gasteiger partial charge is 0.465 e. The second kappa shape index (κ2) is 7.20. The predicted molar refractivity (Wildman–Crippen MR) is 64.6 cm³/mol. The van der Waals surface area contributed by atoms with Crippen molar-refractivity contribution >= 4 is 17.5 Å². The minimum atomic E-state index is -0.469. The third-order valence-electron chi connectivity index (χ3n) is 2.72. The van der Waals surface area contributed by atoms with Crippen LogP contribution in [0.4, 0.5) is 0 Å². The van der Waals surface area contributed by atoms with E-state index in [1.54, 1.807) is 0 Å². The van der Waals surface area contributed by atoms with E-state index in [4.69, 9.17) is 4.74 Å². The molecule has 0 aliphatic rings. The Hall–Kier alpha value is -1.19. The highest BCUT2D eigenvalue weighted by Gasteiger charge is 2.26. The molecule has 0 rings (SSSR count). The van der Waals surface area contributed by atoms with Gasteiger partial charge in [-0.05, 0) is 33.6 Å². The lowest BCUT2D eigenvalue weighted by Crippen LogP contribution is -2.26. The van der Waals surface area contributed by atoms with Crippen LogP contribution in [-0.4, -0.2) is 24.1 Å². The van der Waals surface area contributed by atoms with Gasteiger partial charge in [0.1, 0.15) is 11.6 Å². The summed E-state index contributed by atoms with van der Waals surface area (Å²) in [7, 11) is 0. The quantitative estimate of drug-likeness (QED) is 0.372. The zero-order chi connectivity index (χ0) is 13.5. The standard InChI is InChI=1S/C13H22O4/c1-5-13(3,4)12(16)17-8-6-7-11(15)9-10(2)14/h5-9H2,1-4H3. The summed E-state index contributed by atoms with van der Waals surface area (Å²) in [6.45, 7) is 7.22. The van der Waals surface area contributed by atoms with E-state index in [1.807, 2.05) is 20.8 Å². The van der Waals surface area contributed by atoms with Crippen molar-refractivity contribution in [2.24, 2.45) is 5.41 Å². The Bertz CT molecular complexity index is 292. The maximum Gasteiger partial charge on any atom is 0.311 e. The number of rotatable bonds is 8. The zero-order valence-electron chi connectivity index (χ0n) is 11.2. The number of esters is 1. The lowest BCUT2D eigenvalue weighted by molar-refractivity contribution is -0.154. The Morgan fingerprint density at radius 1 is 1.18 bits per heavy atom. The molecule has 0 aliphatic heterocycles. The van der Waals surface area contributed by atoms with Crippen molar-refractivity contribution < 1.29 is 19.1 Å². The van der Waals surface area contributed by atoms with E-state index < -0.39 is 5.41 Å². The van der Waals surface area contributed by atoms with E-state index in [9.17, 15) is 14.4 Å². The number of Topliss-reactive ketones (excluding diaryl/α,β-unsaturated/α-hetero) is 2. The Labute approximate surface area is 103 Å². The van der Waals surface area contributed by atoms with Gasteiger partial charge in [0.25, 0.3) is 0 Å². The summed E-state index contributed by atoms with van der Waals surface area (Å²) < 4.78 is 5.08. The lowest BCUT2D eigenvalue weighted by Gasteiger charge is -2.20. The van der Waals surface area contributed by atoms with Crippen LogP contribution in [0.5, 0.6) is 0 Å². The van der Waals surface area contributed by atoms with Crippen molar-refractivity contribution in [2.75, 3.05) is 6.61 Å². The third kappa shape index (κ3) is 6.87. The van der Waals surface area contributed by atoms with Gasteiger partial charge in [-0.1, -0.05) is 6.92 Å². The van der Waals surface area contributed by atoms with Crippen molar-refractivity contribution in [3.8, 4) is 0 Å². The molecule has 0 saturated carbocycles. The number of hydrogen-bond acceptors (Lipinski definition) is 4. The van der Waals surface area contributed by atoms with Gasteiger partial charge in [0.2, 0.25) is 0 Å². The second-order valence-corrected chi connectivity index (χ2v) is 4.89. The molecule has 0 aromatic carbocycles. The Balaban J connectivity index is 3.75. The summed E-state index contributed by atoms with van der Waals surface area (Å²) in [4.78, 5) is 33.4. The van der Waals surface area contributed by atoms with Gasteiger partial charge in [-0.25, -0.2) is 0 Å². The van der Waals surface area contributed by atoms with Crippen LogP contribution in [0.15, 0.2) is 0 Å². The number of ether oxygens (including phenoxy) is 1. The second-order valence-electron chi connectivity index (χ2n) is 4.89. The molecule has 0 bridgehead atoms. The summed E-state index contributed by atoms with van der Waals surface area (Å²) in [6, 6.07) is 0. The van der Waals surface area contributed by atoms with E-state index >= 15 is 0 Å². The first kappa shape index (κ1) is 15.8. The van der Waals surface area contributed by atoms with Gasteiger partial charge in [-0.15, -0.1) is 0 Å². The minimum absolute atomic E-state index is 0.0194. The van der Waals surface area contributed by atoms with Crippen LogP contribution in [-0.2, 0) is 19.1 Å². The van der Waals surface area contributed by atoms with Crippen LogP contribution in [0.3, 0.4) is 0 Å². The van der Waals surface area contributed by atoms with E-state index in [2.05, 4.69) is 0 Å². The molecule has 0 amide bonds. The van der Waals surface area contributed by atoms with Crippen LogP contribution >= 0.6 is 0 Å². The Morgan fingerprint density at radius 2 is 1.76 bits per heavy atom. The molecule has 0 saturated heterocycles. The number of carbonyl (C=O) groups is 3. The fourth-order valence-electron chi connectivity index (χ4n) is 1.14. The predicted octanol–water partition coefficient (Wildman–Crippen LogP) is 2.29. The van der Waals surface area contributed by atoms with Crippen molar-refractivity contribution in [1.29, 1.82) is 0 Å². The molecule has 0 aliphatic carbocycles. The number of ketones is 2. The molecule has 0 heterocycles. The van der Waals surface area contributed by atoms with Crippen LogP contribution in [0.2, 0.25) is 0 Å². The molecule has 17 heavy (non-hydrogen) atoms. The van der Waals surface area contributed by atoms with Gasteiger partial charge < -0.3 is 4.74 Å². The summed E-state index contributed by atoms with van der Waals surface area (Å²) >= 11 is 0. The third-order valence-corrected chi connectivity index (χ3v) is 2.72. The Kier molecular flexibility index (Phi) is 6.69. The van der Waals surface area contributed by atoms with Crippen LogP contribution in [0.1, 0.15) is 53.4 Å². The molecule has 98 valence electrons. The van der Waals surface area contributed by atoms with Crippen LogP contribution in [0.25, 0.3) is 0 Å². The average molecular weight is 242 g/mol. The van der Waals surface area contributed by atoms with Gasteiger partial charge in [0.05, 0.1) is 18.4 Å². The molecule has 0 aromatic rings. The first-order valence-electron chi connectivity index (χ1n) is 5.98. The highest BCUT2D eigenvalue weighted by atomic mass is 16.5. The highest BCUT2D eigenvalue weighted by Crippen LogP contribution is 2.21. The topological polar surface area (TPSA) is 60.4 Å². The Morgan fingerprint density at radius 3 is 2.24 bits per heavy atom. The molecular formula is C13H22O4. The fraction of sp³-hybridized carbons (Fsp3) is 0.769. The zero-order valence-corrected chi connectivity index (χ0v) is 11.2. The maximum atomic E-state index is 11.6. The van der Waals surface area contributed by atoms with E-state index in [1.165, 1.54) is 6.92 Å². The smallest absolute Gasteiger partial charge is 0.311 e. The maximum absolute atomic E-state index is 11.6. The lowest BCUT2D eigenvalue weighted by atomic mass is 9.91. The first-order valence-corrected chi connectivity index (χ1v) is 5.98.